The van der Waals surface area contributed by atoms with Gasteiger partial charge in [-0.1, -0.05) is 77.9 Å². The lowest BCUT2D eigenvalue weighted by Crippen LogP contribution is -2.33. The molecule has 2 N–H and O–H groups in total. The predicted octanol–water partition coefficient (Wildman–Crippen LogP) is 2.94. The van der Waals surface area contributed by atoms with E-state index in [2.05, 4.69) is 0 Å². The molecule has 0 saturated heterocycles. The molecule has 2 aromatic carbocycles. The molecule has 0 bridgehead atoms. The zero-order valence-electron chi connectivity index (χ0n) is 18.5. The maximum absolute atomic E-state index is 12.6. The van der Waals surface area contributed by atoms with E-state index in [0.29, 0.717) is 18.8 Å². The van der Waals surface area contributed by atoms with Crippen LogP contribution in [0.4, 0.5) is 0 Å². The smallest absolute Gasteiger partial charge is 0.313 e. The van der Waals surface area contributed by atoms with Crippen molar-refractivity contribution in [3.63, 3.8) is 0 Å². The fourth-order valence-electron chi connectivity index (χ4n) is 2.92. The second kappa shape index (κ2) is 9.39. The number of rotatable bonds is 8. The molecule has 169 valence electrons. The average molecular weight is 467 g/mol. The molecular formula is C20H28BN2O6S2. The van der Waals surface area contributed by atoms with Gasteiger partial charge in [-0.2, -0.15) is 0 Å². The number of hydrogen-bond donors (Lipinski definition) is 2. The molecule has 1 radical (unpaired) electrons. The Kier molecular flexibility index (Phi) is 7.73. The van der Waals surface area contributed by atoms with Crippen LogP contribution in [0.5, 0.6) is 0 Å². The molecule has 31 heavy (non-hydrogen) atoms. The summed E-state index contributed by atoms with van der Waals surface area (Å²) >= 11 is 0. The van der Waals surface area contributed by atoms with Gasteiger partial charge in [-0.3, -0.25) is 0 Å². The molecule has 0 atom stereocenters. The van der Waals surface area contributed by atoms with Gasteiger partial charge in [0.2, 0.25) is 0 Å². The first kappa shape index (κ1) is 25.5. The summed E-state index contributed by atoms with van der Waals surface area (Å²) in [6.45, 7) is 11.3. The lowest BCUT2D eigenvalue weighted by atomic mass is 9.87. The minimum absolute atomic E-state index is 0.0515. The van der Waals surface area contributed by atoms with Crippen molar-refractivity contribution in [2.75, 3.05) is 0 Å². The van der Waals surface area contributed by atoms with Gasteiger partial charge in [0.25, 0.3) is 20.0 Å². The fourth-order valence-corrected chi connectivity index (χ4v) is 5.28. The first-order valence-corrected chi connectivity index (χ1v) is 12.5. The Morgan fingerprint density at radius 2 is 0.968 bits per heavy atom. The summed E-state index contributed by atoms with van der Waals surface area (Å²) < 4.78 is 59.8. The molecule has 0 unspecified atom stereocenters. The maximum Gasteiger partial charge on any atom is 0.526 e. The van der Waals surface area contributed by atoms with Gasteiger partial charge in [0.15, 0.2) is 0 Å². The molecule has 0 fully saturated rings. The average Bonchev–Trinajstić information content (AvgIpc) is 2.66. The molecule has 0 heterocycles. The number of hydrogen-bond acceptors (Lipinski definition) is 6. The summed E-state index contributed by atoms with van der Waals surface area (Å²) in [4.78, 5) is 3.92. The number of nitrogens with one attached hydrogen (secondary N) is 2. The van der Waals surface area contributed by atoms with Crippen LogP contribution in [0.2, 0.25) is 0 Å². The zero-order valence-corrected chi connectivity index (χ0v) is 20.1. The van der Waals surface area contributed by atoms with E-state index in [1.54, 1.807) is 36.4 Å². The molecule has 11 heteroatoms. The van der Waals surface area contributed by atoms with Gasteiger partial charge in [0.1, 0.15) is 0 Å². The standard InChI is InChI=1S/C20H28BN2O6S2/c1-19(2,3)15-11-7-9-13-17(15)30(24,25)22-28-21-29-23-31(26,27)18-14-10-8-12-16(18)20(4,5)6/h7-14,22-23H,1-6H3. The van der Waals surface area contributed by atoms with E-state index in [9.17, 15) is 16.8 Å². The van der Waals surface area contributed by atoms with Crippen LogP contribution in [-0.2, 0) is 40.4 Å². The van der Waals surface area contributed by atoms with Gasteiger partial charge in [-0.25, -0.2) is 16.8 Å². The molecule has 0 aromatic heterocycles. The lowest BCUT2D eigenvalue weighted by molar-refractivity contribution is 0.172. The van der Waals surface area contributed by atoms with Gasteiger partial charge >= 0.3 is 7.69 Å². The zero-order chi connectivity index (χ0) is 23.5. The minimum atomic E-state index is -4.03. The van der Waals surface area contributed by atoms with Crippen molar-refractivity contribution in [1.82, 2.24) is 9.77 Å². The highest BCUT2D eigenvalue weighted by molar-refractivity contribution is 7.89. The first-order chi connectivity index (χ1) is 14.2. The summed E-state index contributed by atoms with van der Waals surface area (Å²) in [5.41, 5.74) is 0.376. The van der Waals surface area contributed by atoms with Gasteiger partial charge in [-0.05, 0) is 34.1 Å². The summed E-state index contributed by atoms with van der Waals surface area (Å²) in [7, 11) is -7.51. The second-order valence-corrected chi connectivity index (χ2v) is 12.2. The van der Waals surface area contributed by atoms with Crippen molar-refractivity contribution in [2.45, 2.75) is 62.2 Å². The maximum atomic E-state index is 12.6. The topological polar surface area (TPSA) is 111 Å². The van der Waals surface area contributed by atoms with E-state index in [1.807, 2.05) is 51.3 Å². The van der Waals surface area contributed by atoms with Crippen molar-refractivity contribution in [3.8, 4) is 0 Å². The Hall–Kier alpha value is -1.76. The minimum Gasteiger partial charge on any atom is -0.313 e. The summed E-state index contributed by atoms with van der Waals surface area (Å²) in [5.74, 6) is 0. The largest absolute Gasteiger partial charge is 0.526 e. The molecular weight excluding hydrogens is 439 g/mol. The Labute approximate surface area is 185 Å². The summed E-state index contributed by atoms with van der Waals surface area (Å²) in [5, 5.41) is 0. The van der Waals surface area contributed by atoms with E-state index in [1.165, 1.54) is 12.1 Å². The van der Waals surface area contributed by atoms with Crippen LogP contribution < -0.4 is 9.77 Å². The van der Waals surface area contributed by atoms with Crippen LogP contribution in [0.3, 0.4) is 0 Å². The molecule has 2 rings (SSSR count). The monoisotopic (exact) mass is 467 g/mol. The Morgan fingerprint density at radius 3 is 1.29 bits per heavy atom. The Balaban J connectivity index is 2.02. The van der Waals surface area contributed by atoms with Crippen LogP contribution in [0, 0.1) is 0 Å². The molecule has 8 nitrogen and oxygen atoms in total. The third-order valence-electron chi connectivity index (χ3n) is 4.38. The second-order valence-electron chi connectivity index (χ2n) is 9.00. The molecule has 0 aliphatic rings. The predicted molar refractivity (Wildman–Crippen MR) is 119 cm³/mol. The van der Waals surface area contributed by atoms with E-state index in [-0.39, 0.29) is 9.79 Å². The van der Waals surface area contributed by atoms with Crippen molar-refractivity contribution < 1.29 is 26.3 Å². The molecule has 0 spiro atoms. The van der Waals surface area contributed by atoms with Crippen LogP contribution in [0.25, 0.3) is 0 Å². The SMILES string of the molecule is CC(C)(C)c1ccccc1S(=O)(=O)NO[B]ONS(=O)(=O)c1ccccc1C(C)(C)C. The van der Waals surface area contributed by atoms with Crippen LogP contribution in [0.15, 0.2) is 58.3 Å². The number of benzene rings is 2. The van der Waals surface area contributed by atoms with Crippen molar-refractivity contribution >= 4 is 27.7 Å². The lowest BCUT2D eigenvalue weighted by Gasteiger charge is -2.23. The van der Waals surface area contributed by atoms with Crippen molar-refractivity contribution in [1.29, 1.82) is 0 Å². The summed E-state index contributed by atoms with van der Waals surface area (Å²) in [6.07, 6.45) is 0. The third kappa shape index (κ3) is 6.61. The quantitative estimate of drug-likeness (QED) is 0.351. The van der Waals surface area contributed by atoms with E-state index in [0.717, 1.165) is 0 Å². The highest BCUT2D eigenvalue weighted by Gasteiger charge is 2.27. The van der Waals surface area contributed by atoms with E-state index in [4.69, 9.17) is 9.51 Å². The van der Waals surface area contributed by atoms with Crippen molar-refractivity contribution in [2.24, 2.45) is 0 Å². The first-order valence-electron chi connectivity index (χ1n) is 9.52. The fraction of sp³-hybridized carbons (Fsp3) is 0.400. The highest BCUT2D eigenvalue weighted by atomic mass is 32.2. The molecule has 0 aliphatic carbocycles. The number of sulfonamides is 2. The van der Waals surface area contributed by atoms with Gasteiger partial charge in [0, 0.05) is 0 Å². The molecule has 2 aromatic rings. The summed E-state index contributed by atoms with van der Waals surface area (Å²) in [6, 6.07) is 13.1. The third-order valence-corrected chi connectivity index (χ3v) is 6.88. The van der Waals surface area contributed by atoms with E-state index >= 15 is 0 Å². The van der Waals surface area contributed by atoms with Gasteiger partial charge in [-0.15, -0.1) is 9.77 Å². The normalized spacial score (nSPS) is 13.2. The Bertz CT molecular complexity index is 1030. The van der Waals surface area contributed by atoms with Crippen LogP contribution >= 0.6 is 0 Å². The molecule has 0 amide bonds. The van der Waals surface area contributed by atoms with Crippen molar-refractivity contribution in [3.05, 3.63) is 59.7 Å². The Morgan fingerprint density at radius 1 is 0.645 bits per heavy atom. The van der Waals surface area contributed by atoms with Crippen LogP contribution in [-0.4, -0.2) is 24.5 Å². The van der Waals surface area contributed by atoms with Gasteiger partial charge < -0.3 is 9.51 Å². The molecule has 0 aliphatic heterocycles. The van der Waals surface area contributed by atoms with E-state index < -0.39 is 30.9 Å². The van der Waals surface area contributed by atoms with Gasteiger partial charge in [0.05, 0.1) is 9.79 Å². The van der Waals surface area contributed by atoms with Crippen LogP contribution in [0.1, 0.15) is 52.7 Å². The molecule has 0 saturated carbocycles. The highest BCUT2D eigenvalue weighted by Crippen LogP contribution is 2.29.